The molecule has 2 fully saturated rings. The maximum Gasteiger partial charge on any atom is 0.241 e. The quantitative estimate of drug-likeness (QED) is 0.839. The molecule has 2 unspecified atom stereocenters. The van der Waals surface area contributed by atoms with E-state index in [1.165, 1.54) is 0 Å². The molecule has 6 heteroatoms. The van der Waals surface area contributed by atoms with Gasteiger partial charge in [0.15, 0.2) is 9.84 Å². The van der Waals surface area contributed by atoms with Gasteiger partial charge >= 0.3 is 0 Å². The van der Waals surface area contributed by atoms with E-state index in [-0.39, 0.29) is 17.7 Å². The molecule has 0 aromatic rings. The van der Waals surface area contributed by atoms with Gasteiger partial charge in [-0.05, 0) is 38.6 Å². The number of amides is 1. The van der Waals surface area contributed by atoms with Crippen LogP contribution < -0.4 is 5.32 Å². The molecule has 0 aliphatic carbocycles. The molecule has 2 aliphatic heterocycles. The fraction of sp³-hybridized carbons (Fsp3) is 0.929. The van der Waals surface area contributed by atoms with Gasteiger partial charge in [0.05, 0.1) is 5.75 Å². The maximum atomic E-state index is 12.7. The molecule has 0 aromatic carbocycles. The van der Waals surface area contributed by atoms with Crippen LogP contribution in [0.3, 0.4) is 0 Å². The average molecular weight is 302 g/mol. The van der Waals surface area contributed by atoms with Crippen LogP contribution in [0.5, 0.6) is 0 Å². The Morgan fingerprint density at radius 2 is 2.05 bits per heavy atom. The second kappa shape index (κ2) is 6.89. The first-order valence-corrected chi connectivity index (χ1v) is 9.50. The lowest BCUT2D eigenvalue weighted by molar-refractivity contribution is -0.133. The van der Waals surface area contributed by atoms with Crippen LogP contribution >= 0.6 is 0 Å². The van der Waals surface area contributed by atoms with E-state index in [1.54, 1.807) is 0 Å². The summed E-state index contributed by atoms with van der Waals surface area (Å²) in [6.07, 6.45) is 4.95. The van der Waals surface area contributed by atoms with E-state index in [4.69, 9.17) is 0 Å². The van der Waals surface area contributed by atoms with E-state index < -0.39 is 15.1 Å². The zero-order valence-corrected chi connectivity index (χ0v) is 13.1. The van der Waals surface area contributed by atoms with Crippen molar-refractivity contribution in [1.82, 2.24) is 10.2 Å². The Balaban J connectivity index is 2.13. The van der Waals surface area contributed by atoms with Crippen molar-refractivity contribution >= 4 is 15.7 Å². The van der Waals surface area contributed by atoms with E-state index in [0.717, 1.165) is 38.8 Å². The summed E-state index contributed by atoms with van der Waals surface area (Å²) in [5.41, 5.74) is 0. The van der Waals surface area contributed by atoms with E-state index in [0.29, 0.717) is 19.4 Å². The van der Waals surface area contributed by atoms with Crippen molar-refractivity contribution in [3.8, 4) is 0 Å². The van der Waals surface area contributed by atoms with Crippen LogP contribution in [0.1, 0.15) is 45.4 Å². The van der Waals surface area contributed by atoms with Gasteiger partial charge in [-0.15, -0.1) is 0 Å². The average Bonchev–Trinajstić information content (AvgIpc) is 2.44. The third-order valence-corrected chi connectivity index (χ3v) is 6.48. The second-order valence-corrected chi connectivity index (χ2v) is 8.19. The Kier molecular flexibility index (Phi) is 5.43. The molecule has 0 spiro atoms. The smallest absolute Gasteiger partial charge is 0.241 e. The molecule has 2 rings (SSSR count). The fourth-order valence-corrected chi connectivity index (χ4v) is 5.09. The number of nitrogens with one attached hydrogen (secondary N) is 1. The first-order valence-electron chi connectivity index (χ1n) is 7.79. The summed E-state index contributed by atoms with van der Waals surface area (Å²) in [4.78, 5) is 14.6. The first kappa shape index (κ1) is 15.8. The molecule has 2 aliphatic rings. The lowest BCUT2D eigenvalue weighted by Gasteiger charge is -2.37. The van der Waals surface area contributed by atoms with Crippen molar-refractivity contribution in [2.75, 3.05) is 25.4 Å². The Morgan fingerprint density at radius 3 is 2.65 bits per heavy atom. The number of carbonyl (C=O) groups excluding carboxylic acids is 1. The molecule has 0 bridgehead atoms. The number of hydrogen-bond donors (Lipinski definition) is 1. The van der Waals surface area contributed by atoms with Gasteiger partial charge in [0.2, 0.25) is 5.91 Å². The molecule has 116 valence electrons. The van der Waals surface area contributed by atoms with Gasteiger partial charge in [-0.25, -0.2) is 8.42 Å². The van der Waals surface area contributed by atoms with Gasteiger partial charge in [0.1, 0.15) is 5.25 Å². The molecular formula is C14H26N2O3S. The molecule has 2 saturated heterocycles. The lowest BCUT2D eigenvalue weighted by atomic mass is 10.0. The molecule has 20 heavy (non-hydrogen) atoms. The van der Waals surface area contributed by atoms with E-state index in [1.807, 2.05) is 11.8 Å². The predicted molar refractivity (Wildman–Crippen MR) is 79.3 cm³/mol. The molecule has 0 saturated carbocycles. The molecule has 1 N–H and O–H groups in total. The van der Waals surface area contributed by atoms with Crippen molar-refractivity contribution in [1.29, 1.82) is 0 Å². The Bertz CT molecular complexity index is 430. The van der Waals surface area contributed by atoms with Crippen LogP contribution in [0, 0.1) is 0 Å². The van der Waals surface area contributed by atoms with Gasteiger partial charge in [0.25, 0.3) is 0 Å². The monoisotopic (exact) mass is 302 g/mol. The van der Waals surface area contributed by atoms with Gasteiger partial charge in [-0.3, -0.25) is 4.79 Å². The SMILES string of the molecule is CCCN(C(=O)C1CCCCS1(=O)=O)C1CCCNC1. The third-order valence-electron chi connectivity index (χ3n) is 4.31. The summed E-state index contributed by atoms with van der Waals surface area (Å²) in [5, 5.41) is 2.52. The molecule has 2 heterocycles. The summed E-state index contributed by atoms with van der Waals surface area (Å²) in [6, 6.07) is 0.160. The van der Waals surface area contributed by atoms with Gasteiger partial charge < -0.3 is 10.2 Å². The minimum absolute atomic E-state index is 0.153. The summed E-state index contributed by atoms with van der Waals surface area (Å²) in [6.45, 7) is 4.48. The predicted octanol–water partition coefficient (Wildman–Crippen LogP) is 0.944. The van der Waals surface area contributed by atoms with Crippen LogP contribution in [-0.4, -0.2) is 55.9 Å². The summed E-state index contributed by atoms with van der Waals surface area (Å²) in [7, 11) is -3.24. The van der Waals surface area contributed by atoms with E-state index >= 15 is 0 Å². The molecule has 2 atom stereocenters. The zero-order valence-electron chi connectivity index (χ0n) is 12.3. The van der Waals surface area contributed by atoms with Crippen molar-refractivity contribution in [2.24, 2.45) is 0 Å². The minimum atomic E-state index is -3.24. The topological polar surface area (TPSA) is 66.5 Å². The van der Waals surface area contributed by atoms with Gasteiger partial charge in [0, 0.05) is 19.1 Å². The standard InChI is InChI=1S/C14H26N2O3S/c1-2-9-16(12-6-5-8-15-11-12)14(17)13-7-3-4-10-20(13,18)19/h12-13,15H,2-11H2,1H3. The lowest BCUT2D eigenvalue weighted by Crippen LogP contribution is -2.54. The fourth-order valence-electron chi connectivity index (χ4n) is 3.23. The minimum Gasteiger partial charge on any atom is -0.337 e. The highest BCUT2D eigenvalue weighted by Gasteiger charge is 2.39. The Morgan fingerprint density at radius 1 is 1.25 bits per heavy atom. The van der Waals surface area contributed by atoms with Crippen LogP contribution in [0.25, 0.3) is 0 Å². The van der Waals surface area contributed by atoms with Crippen molar-refractivity contribution in [3.63, 3.8) is 0 Å². The number of nitrogens with zero attached hydrogens (tertiary/aromatic N) is 1. The van der Waals surface area contributed by atoms with Crippen LogP contribution in [0.4, 0.5) is 0 Å². The van der Waals surface area contributed by atoms with Gasteiger partial charge in [-0.2, -0.15) is 0 Å². The molecule has 0 aromatic heterocycles. The zero-order chi connectivity index (χ0) is 14.6. The number of sulfone groups is 1. The van der Waals surface area contributed by atoms with Crippen LogP contribution in [0.2, 0.25) is 0 Å². The highest BCUT2D eigenvalue weighted by Crippen LogP contribution is 2.23. The summed E-state index contributed by atoms with van der Waals surface area (Å²) < 4.78 is 24.3. The van der Waals surface area contributed by atoms with Gasteiger partial charge in [-0.1, -0.05) is 13.3 Å². The molecule has 1 amide bonds. The molecule has 5 nitrogen and oxygen atoms in total. The Hall–Kier alpha value is -0.620. The Labute approximate surface area is 122 Å². The largest absolute Gasteiger partial charge is 0.337 e. The van der Waals surface area contributed by atoms with Crippen molar-refractivity contribution in [3.05, 3.63) is 0 Å². The van der Waals surface area contributed by atoms with Crippen LogP contribution in [0.15, 0.2) is 0 Å². The summed E-state index contributed by atoms with van der Waals surface area (Å²) >= 11 is 0. The molecule has 0 radical (unpaired) electrons. The normalized spacial score (nSPS) is 29.9. The number of carbonyl (C=O) groups is 1. The number of rotatable bonds is 4. The molecular weight excluding hydrogens is 276 g/mol. The highest BCUT2D eigenvalue weighted by atomic mass is 32.2. The van der Waals surface area contributed by atoms with Crippen LogP contribution in [-0.2, 0) is 14.6 Å². The number of hydrogen-bond acceptors (Lipinski definition) is 4. The second-order valence-electron chi connectivity index (χ2n) is 5.88. The van der Waals surface area contributed by atoms with E-state index in [2.05, 4.69) is 5.32 Å². The summed E-state index contributed by atoms with van der Waals surface area (Å²) in [5.74, 6) is 0.0204. The maximum absolute atomic E-state index is 12.7. The van der Waals surface area contributed by atoms with Crippen molar-refractivity contribution in [2.45, 2.75) is 56.7 Å². The van der Waals surface area contributed by atoms with Crippen molar-refractivity contribution < 1.29 is 13.2 Å². The van der Waals surface area contributed by atoms with E-state index in [9.17, 15) is 13.2 Å². The first-order chi connectivity index (χ1) is 9.56. The highest BCUT2D eigenvalue weighted by molar-refractivity contribution is 7.92. The number of piperidine rings is 1. The third kappa shape index (κ3) is 3.52.